The lowest BCUT2D eigenvalue weighted by atomic mass is 10.0. The fourth-order valence-corrected chi connectivity index (χ4v) is 2.73. The molecule has 4 unspecified atom stereocenters. The van der Waals surface area contributed by atoms with Gasteiger partial charge in [-0.05, 0) is 0 Å². The van der Waals surface area contributed by atoms with E-state index in [0.717, 1.165) is 7.11 Å². The Bertz CT molecular complexity index is 450. The third kappa shape index (κ3) is 6.35. The van der Waals surface area contributed by atoms with Crippen molar-refractivity contribution in [2.45, 2.75) is 47.6 Å². The van der Waals surface area contributed by atoms with Crippen LogP contribution in [0.15, 0.2) is 0 Å². The van der Waals surface area contributed by atoms with Crippen LogP contribution >= 0.6 is 31.9 Å². The maximum absolute atomic E-state index is 10.9. The van der Waals surface area contributed by atoms with E-state index in [2.05, 4.69) is 36.6 Å². The summed E-state index contributed by atoms with van der Waals surface area (Å²) in [5.41, 5.74) is 0. The van der Waals surface area contributed by atoms with Gasteiger partial charge in [-0.1, -0.05) is 31.9 Å². The van der Waals surface area contributed by atoms with Crippen LogP contribution in [0.1, 0.15) is 0 Å². The smallest absolute Gasteiger partial charge is 0.338 e. The van der Waals surface area contributed by atoms with Crippen molar-refractivity contribution in [3.63, 3.8) is 0 Å². The Kier molecular flexibility index (Phi) is 12.0. The number of rotatable bonds is 3. The normalized spacial score (nSPS) is 37.4. The van der Waals surface area contributed by atoms with Crippen molar-refractivity contribution in [1.29, 1.82) is 0 Å². The minimum Gasteiger partial charge on any atom is -0.456 e. The number of carbonyl (C=O) groups excluding carboxylic acids is 2. The SMILES string of the molecule is CO.O=C1OC(CO)[C@@H](O)[C@@H](O)C1O.O=C1O[C@H](C(O)CBr)[C@H](O)C1Br. The van der Waals surface area contributed by atoms with Gasteiger partial charge in [-0.3, -0.25) is 4.79 Å². The fourth-order valence-electron chi connectivity index (χ4n) is 1.95. The Morgan fingerprint density at radius 2 is 1.54 bits per heavy atom. The summed E-state index contributed by atoms with van der Waals surface area (Å²) in [6.07, 6.45) is -8.61. The van der Waals surface area contributed by atoms with Crippen LogP contribution in [0, 0.1) is 0 Å². The number of ether oxygens (including phenoxy) is 2. The molecule has 0 aromatic rings. The van der Waals surface area contributed by atoms with E-state index >= 15 is 0 Å². The summed E-state index contributed by atoms with van der Waals surface area (Å²) in [6, 6.07) is 0. The van der Waals surface area contributed by atoms with Crippen LogP contribution in [-0.2, 0) is 19.1 Å². The topological polar surface area (TPSA) is 194 Å². The van der Waals surface area contributed by atoms with Gasteiger partial charge in [-0.25, -0.2) is 4.79 Å². The first-order valence-electron chi connectivity index (χ1n) is 7.22. The number of hydrogen-bond donors (Lipinski definition) is 7. The molecule has 0 radical (unpaired) electrons. The van der Waals surface area contributed by atoms with Crippen molar-refractivity contribution in [3.05, 3.63) is 0 Å². The van der Waals surface area contributed by atoms with E-state index in [4.69, 9.17) is 30.3 Å². The van der Waals surface area contributed by atoms with Crippen molar-refractivity contribution < 1.29 is 54.8 Å². The average molecular weight is 514 g/mol. The molecule has 2 aliphatic heterocycles. The fraction of sp³-hybridized carbons (Fsp3) is 0.846. The lowest BCUT2D eigenvalue weighted by Crippen LogP contribution is -2.56. The Morgan fingerprint density at radius 3 is 1.92 bits per heavy atom. The molecule has 0 aromatic heterocycles. The molecule has 0 amide bonds. The lowest BCUT2D eigenvalue weighted by molar-refractivity contribution is -0.206. The van der Waals surface area contributed by atoms with Crippen LogP contribution in [0.25, 0.3) is 0 Å². The van der Waals surface area contributed by atoms with Crippen molar-refractivity contribution >= 4 is 43.8 Å². The number of esters is 2. The van der Waals surface area contributed by atoms with Crippen LogP contribution in [0.4, 0.5) is 0 Å². The molecule has 154 valence electrons. The molecule has 0 aliphatic carbocycles. The molecular weight excluding hydrogens is 492 g/mol. The zero-order valence-corrected chi connectivity index (χ0v) is 16.7. The molecule has 0 spiro atoms. The summed E-state index contributed by atoms with van der Waals surface area (Å²) in [5.74, 6) is -1.57. The van der Waals surface area contributed by atoms with Crippen LogP contribution < -0.4 is 0 Å². The number of aliphatic hydroxyl groups is 7. The van der Waals surface area contributed by atoms with E-state index in [1.165, 1.54) is 0 Å². The predicted octanol–water partition coefficient (Wildman–Crippen LogP) is -3.61. The third-order valence-electron chi connectivity index (χ3n) is 3.39. The van der Waals surface area contributed by atoms with Gasteiger partial charge in [0.2, 0.25) is 0 Å². The zero-order chi connectivity index (χ0) is 20.6. The molecule has 2 rings (SSSR count). The summed E-state index contributed by atoms with van der Waals surface area (Å²) < 4.78 is 9.10. The predicted molar refractivity (Wildman–Crippen MR) is 91.5 cm³/mol. The number of halogens is 2. The quantitative estimate of drug-likeness (QED) is 0.145. The summed E-state index contributed by atoms with van der Waals surface area (Å²) >= 11 is 5.98. The van der Waals surface area contributed by atoms with Gasteiger partial charge in [0.25, 0.3) is 0 Å². The maximum Gasteiger partial charge on any atom is 0.338 e. The van der Waals surface area contributed by atoms with Crippen molar-refractivity contribution in [1.82, 2.24) is 0 Å². The van der Waals surface area contributed by atoms with Crippen molar-refractivity contribution in [2.75, 3.05) is 19.0 Å². The largest absolute Gasteiger partial charge is 0.456 e. The molecule has 0 aromatic carbocycles. The molecule has 7 N–H and O–H groups in total. The highest BCUT2D eigenvalue weighted by atomic mass is 79.9. The Labute approximate surface area is 165 Å². The standard InChI is InChI=1S/C6H8Br2O4.C6H10O6.CH4O/c7-1-2(9)5-4(10)3(8)6(11)12-5;7-1-2-3(8)4(9)5(10)6(11)12-2;1-2/h2-5,9-10H,1H2;2-5,7-10H,1H2;2H,1H3/t2?,3?,4-,5-;2?,3-,4-,5?;/m11./s1. The summed E-state index contributed by atoms with van der Waals surface area (Å²) in [5, 5.41) is 61.4. The number of alkyl halides is 2. The van der Waals surface area contributed by atoms with Crippen molar-refractivity contribution in [3.8, 4) is 0 Å². The molecule has 11 nitrogen and oxygen atoms in total. The summed E-state index contributed by atoms with van der Waals surface area (Å²) in [7, 11) is 1.00. The van der Waals surface area contributed by atoms with Gasteiger partial charge < -0.3 is 45.2 Å². The molecule has 26 heavy (non-hydrogen) atoms. The van der Waals surface area contributed by atoms with Gasteiger partial charge in [0, 0.05) is 12.4 Å². The van der Waals surface area contributed by atoms with Gasteiger partial charge in [0.15, 0.2) is 18.3 Å². The molecule has 2 saturated heterocycles. The van der Waals surface area contributed by atoms with E-state index in [9.17, 15) is 19.8 Å². The van der Waals surface area contributed by atoms with Gasteiger partial charge in [0.05, 0.1) is 6.61 Å². The number of cyclic esters (lactones) is 2. The highest BCUT2D eigenvalue weighted by Gasteiger charge is 2.45. The molecule has 13 heteroatoms. The maximum atomic E-state index is 10.9. The van der Waals surface area contributed by atoms with E-state index < -0.39 is 66.1 Å². The molecule has 2 heterocycles. The molecule has 2 fully saturated rings. The lowest BCUT2D eigenvalue weighted by Gasteiger charge is -2.32. The minimum absolute atomic E-state index is 0.266. The summed E-state index contributed by atoms with van der Waals surface area (Å²) in [6.45, 7) is -0.587. The van der Waals surface area contributed by atoms with E-state index in [1.54, 1.807) is 0 Å². The second-order valence-electron chi connectivity index (χ2n) is 5.10. The molecule has 0 saturated carbocycles. The number of hydrogen-bond acceptors (Lipinski definition) is 11. The van der Waals surface area contributed by atoms with Gasteiger partial charge >= 0.3 is 11.9 Å². The van der Waals surface area contributed by atoms with Crippen LogP contribution in [0.3, 0.4) is 0 Å². The van der Waals surface area contributed by atoms with Gasteiger partial charge in [0.1, 0.15) is 29.2 Å². The molecular formula is C13H22Br2O11. The Morgan fingerprint density at radius 1 is 1.00 bits per heavy atom. The van der Waals surface area contributed by atoms with E-state index in [1.807, 2.05) is 0 Å². The first-order valence-corrected chi connectivity index (χ1v) is 9.26. The van der Waals surface area contributed by atoms with Gasteiger partial charge in [-0.15, -0.1) is 0 Å². The second kappa shape index (κ2) is 12.2. The zero-order valence-electron chi connectivity index (χ0n) is 13.6. The molecule has 8 atom stereocenters. The average Bonchev–Trinajstić information content (AvgIpc) is 2.91. The first kappa shape index (κ1) is 25.6. The van der Waals surface area contributed by atoms with Crippen molar-refractivity contribution in [2.24, 2.45) is 0 Å². The van der Waals surface area contributed by atoms with Crippen LogP contribution in [0.5, 0.6) is 0 Å². The Hall–Kier alpha value is -0.380. The second-order valence-corrected chi connectivity index (χ2v) is 6.73. The number of aliphatic hydroxyl groups excluding tert-OH is 7. The van der Waals surface area contributed by atoms with Crippen LogP contribution in [0.2, 0.25) is 0 Å². The molecule has 0 bridgehead atoms. The highest BCUT2D eigenvalue weighted by Crippen LogP contribution is 2.25. The highest BCUT2D eigenvalue weighted by molar-refractivity contribution is 9.10. The first-order chi connectivity index (χ1) is 12.1. The minimum atomic E-state index is -1.73. The summed E-state index contributed by atoms with van der Waals surface area (Å²) in [4.78, 5) is 20.8. The third-order valence-corrected chi connectivity index (χ3v) is 4.97. The van der Waals surface area contributed by atoms with E-state index in [-0.39, 0.29) is 5.33 Å². The Balaban J connectivity index is 0.000000439. The van der Waals surface area contributed by atoms with E-state index in [0.29, 0.717) is 0 Å². The number of carbonyl (C=O) groups is 2. The monoisotopic (exact) mass is 512 g/mol. The molecule has 2 aliphatic rings. The van der Waals surface area contributed by atoms with Crippen LogP contribution in [-0.4, -0.2) is 114 Å². The van der Waals surface area contributed by atoms with Gasteiger partial charge in [-0.2, -0.15) is 0 Å².